The fourth-order valence-corrected chi connectivity index (χ4v) is 1.39. The minimum absolute atomic E-state index is 0.0586. The molecule has 0 bridgehead atoms. The highest BCUT2D eigenvalue weighted by Gasteiger charge is 2.13. The molecule has 0 fully saturated rings. The van der Waals surface area contributed by atoms with Crippen molar-refractivity contribution in [3.05, 3.63) is 41.0 Å². The molecular formula is C10H11N5O2. The summed E-state index contributed by atoms with van der Waals surface area (Å²) in [5.41, 5.74) is 1.05. The van der Waals surface area contributed by atoms with Gasteiger partial charge in [0.25, 0.3) is 0 Å². The van der Waals surface area contributed by atoms with E-state index in [9.17, 15) is 10.1 Å². The number of rotatable bonds is 4. The van der Waals surface area contributed by atoms with E-state index in [2.05, 4.69) is 15.4 Å². The summed E-state index contributed by atoms with van der Waals surface area (Å²) in [6.07, 6.45) is 6.12. The van der Waals surface area contributed by atoms with Gasteiger partial charge in [-0.2, -0.15) is 5.10 Å². The molecule has 17 heavy (non-hydrogen) atoms. The highest BCUT2D eigenvalue weighted by atomic mass is 16.6. The molecule has 0 aliphatic rings. The number of aryl methyl sites for hydroxylation is 1. The summed E-state index contributed by atoms with van der Waals surface area (Å²) in [6.45, 7) is 2.71. The van der Waals surface area contributed by atoms with Gasteiger partial charge >= 0.3 is 5.69 Å². The van der Waals surface area contributed by atoms with Crippen molar-refractivity contribution in [2.75, 3.05) is 5.32 Å². The maximum atomic E-state index is 10.8. The predicted octanol–water partition coefficient (Wildman–Crippen LogP) is 1.95. The Hall–Kier alpha value is -2.44. The molecule has 0 aliphatic heterocycles. The van der Waals surface area contributed by atoms with Crippen LogP contribution in [0.1, 0.15) is 6.92 Å². The van der Waals surface area contributed by atoms with E-state index in [0.29, 0.717) is 11.4 Å². The Labute approximate surface area is 97.2 Å². The largest absolute Gasteiger partial charge is 0.347 e. The summed E-state index contributed by atoms with van der Waals surface area (Å²) in [7, 11) is 0. The fourth-order valence-electron chi connectivity index (χ4n) is 1.39. The van der Waals surface area contributed by atoms with Gasteiger partial charge in [-0.05, 0) is 13.0 Å². The van der Waals surface area contributed by atoms with Crippen molar-refractivity contribution >= 4 is 17.1 Å². The number of hydrogen-bond acceptors (Lipinski definition) is 5. The van der Waals surface area contributed by atoms with Gasteiger partial charge in [0.1, 0.15) is 11.9 Å². The van der Waals surface area contributed by atoms with Crippen LogP contribution in [0.5, 0.6) is 0 Å². The van der Waals surface area contributed by atoms with Crippen LogP contribution in [0.2, 0.25) is 0 Å². The zero-order valence-electron chi connectivity index (χ0n) is 9.20. The number of pyridine rings is 1. The van der Waals surface area contributed by atoms with Crippen LogP contribution in [0.25, 0.3) is 0 Å². The van der Waals surface area contributed by atoms with Crippen molar-refractivity contribution in [2.24, 2.45) is 0 Å². The molecule has 2 heterocycles. The van der Waals surface area contributed by atoms with Crippen molar-refractivity contribution in [3.8, 4) is 0 Å². The Morgan fingerprint density at radius 3 is 3.00 bits per heavy atom. The summed E-state index contributed by atoms with van der Waals surface area (Å²) in [5, 5.41) is 17.8. The van der Waals surface area contributed by atoms with Crippen LogP contribution in [0, 0.1) is 10.1 Å². The zero-order chi connectivity index (χ0) is 12.3. The third kappa shape index (κ3) is 2.39. The number of hydrogen-bond donors (Lipinski definition) is 1. The first-order chi connectivity index (χ1) is 8.20. The third-order valence-corrected chi connectivity index (χ3v) is 2.23. The van der Waals surface area contributed by atoms with E-state index >= 15 is 0 Å². The van der Waals surface area contributed by atoms with Crippen LogP contribution < -0.4 is 5.32 Å². The van der Waals surface area contributed by atoms with Crippen molar-refractivity contribution in [3.63, 3.8) is 0 Å². The standard InChI is InChI=1S/C10H11N5O2/c1-2-14-7-8(5-12-14)13-9-3-4-11-6-10(9)15(16)17/h3-7H,2H2,1H3,(H,11,13). The third-order valence-electron chi connectivity index (χ3n) is 2.23. The topological polar surface area (TPSA) is 85.9 Å². The van der Waals surface area contributed by atoms with E-state index in [0.717, 1.165) is 6.54 Å². The minimum Gasteiger partial charge on any atom is -0.347 e. The number of aromatic nitrogens is 3. The second-order valence-electron chi connectivity index (χ2n) is 3.36. The van der Waals surface area contributed by atoms with Crippen molar-refractivity contribution in [1.29, 1.82) is 0 Å². The molecule has 0 radical (unpaired) electrons. The SMILES string of the molecule is CCn1cc(Nc2ccncc2[N+](=O)[O-])cn1. The lowest BCUT2D eigenvalue weighted by atomic mass is 10.3. The molecule has 2 aromatic rings. The van der Waals surface area contributed by atoms with E-state index in [4.69, 9.17) is 0 Å². The Morgan fingerprint density at radius 2 is 2.35 bits per heavy atom. The molecule has 0 saturated carbocycles. The van der Waals surface area contributed by atoms with Crippen LogP contribution >= 0.6 is 0 Å². The molecule has 2 rings (SSSR count). The van der Waals surface area contributed by atoms with Gasteiger partial charge in [0.05, 0.1) is 16.8 Å². The lowest BCUT2D eigenvalue weighted by Gasteiger charge is -2.03. The average Bonchev–Trinajstić information content (AvgIpc) is 2.77. The van der Waals surface area contributed by atoms with Crippen molar-refractivity contribution < 1.29 is 4.92 Å². The average molecular weight is 233 g/mol. The van der Waals surface area contributed by atoms with Gasteiger partial charge in [0.15, 0.2) is 0 Å². The first kappa shape index (κ1) is 11.1. The van der Waals surface area contributed by atoms with Crippen LogP contribution in [0.3, 0.4) is 0 Å². The van der Waals surface area contributed by atoms with Crippen molar-refractivity contribution in [2.45, 2.75) is 13.5 Å². The number of anilines is 2. The van der Waals surface area contributed by atoms with E-state index in [1.165, 1.54) is 12.4 Å². The van der Waals surface area contributed by atoms with Crippen LogP contribution in [-0.4, -0.2) is 19.7 Å². The normalized spacial score (nSPS) is 10.2. The highest BCUT2D eigenvalue weighted by molar-refractivity contribution is 5.67. The van der Waals surface area contributed by atoms with Crippen LogP contribution in [-0.2, 0) is 6.54 Å². The number of nitrogens with one attached hydrogen (secondary N) is 1. The zero-order valence-corrected chi connectivity index (χ0v) is 9.20. The summed E-state index contributed by atoms with van der Waals surface area (Å²) >= 11 is 0. The smallest absolute Gasteiger partial charge is 0.310 e. The van der Waals surface area contributed by atoms with Gasteiger partial charge < -0.3 is 5.32 Å². The number of nitrogens with zero attached hydrogens (tertiary/aromatic N) is 4. The molecule has 0 saturated heterocycles. The lowest BCUT2D eigenvalue weighted by Crippen LogP contribution is -1.97. The molecule has 0 unspecified atom stereocenters. The molecule has 0 amide bonds. The van der Waals surface area contributed by atoms with E-state index in [-0.39, 0.29) is 5.69 Å². The Kier molecular flexibility index (Phi) is 2.99. The quantitative estimate of drug-likeness (QED) is 0.644. The second-order valence-corrected chi connectivity index (χ2v) is 3.36. The predicted molar refractivity (Wildman–Crippen MR) is 62.1 cm³/mol. The van der Waals surface area contributed by atoms with E-state index < -0.39 is 4.92 Å². The molecule has 0 atom stereocenters. The molecular weight excluding hydrogens is 222 g/mol. The second kappa shape index (κ2) is 4.60. The van der Waals surface area contributed by atoms with E-state index in [1.54, 1.807) is 23.1 Å². The first-order valence-corrected chi connectivity index (χ1v) is 5.08. The number of nitro groups is 1. The van der Waals surface area contributed by atoms with E-state index in [1.807, 2.05) is 6.92 Å². The Morgan fingerprint density at radius 1 is 1.53 bits per heavy atom. The molecule has 0 aliphatic carbocycles. The van der Waals surface area contributed by atoms with Gasteiger partial charge in [0.2, 0.25) is 0 Å². The lowest BCUT2D eigenvalue weighted by molar-refractivity contribution is -0.384. The maximum Gasteiger partial charge on any atom is 0.310 e. The van der Waals surface area contributed by atoms with Gasteiger partial charge in [-0.1, -0.05) is 0 Å². The van der Waals surface area contributed by atoms with Gasteiger partial charge in [0, 0.05) is 18.9 Å². The fraction of sp³-hybridized carbons (Fsp3) is 0.200. The molecule has 0 aromatic carbocycles. The first-order valence-electron chi connectivity index (χ1n) is 5.08. The molecule has 0 spiro atoms. The van der Waals surface area contributed by atoms with Crippen molar-refractivity contribution in [1.82, 2.24) is 14.8 Å². The summed E-state index contributed by atoms with van der Waals surface area (Å²) < 4.78 is 1.73. The van der Waals surface area contributed by atoms with Crippen LogP contribution in [0.15, 0.2) is 30.9 Å². The molecule has 7 nitrogen and oxygen atoms in total. The minimum atomic E-state index is -0.473. The van der Waals surface area contributed by atoms with Gasteiger partial charge in [-0.15, -0.1) is 0 Å². The molecule has 2 aromatic heterocycles. The Balaban J connectivity index is 2.26. The summed E-state index contributed by atoms with van der Waals surface area (Å²) in [4.78, 5) is 14.0. The summed E-state index contributed by atoms with van der Waals surface area (Å²) in [6, 6.07) is 1.56. The monoisotopic (exact) mass is 233 g/mol. The maximum absolute atomic E-state index is 10.8. The van der Waals surface area contributed by atoms with Crippen LogP contribution in [0.4, 0.5) is 17.1 Å². The summed E-state index contributed by atoms with van der Waals surface area (Å²) in [5.74, 6) is 0. The molecule has 88 valence electrons. The highest BCUT2D eigenvalue weighted by Crippen LogP contribution is 2.25. The Bertz CT molecular complexity index is 537. The molecule has 7 heteroatoms. The van der Waals surface area contributed by atoms with Gasteiger partial charge in [-0.3, -0.25) is 19.8 Å². The van der Waals surface area contributed by atoms with Gasteiger partial charge in [-0.25, -0.2) is 0 Å². The molecule has 1 N–H and O–H groups in total.